The van der Waals surface area contributed by atoms with Gasteiger partial charge in [0, 0.05) is 24.1 Å². The van der Waals surface area contributed by atoms with Crippen molar-refractivity contribution in [3.63, 3.8) is 0 Å². The molecule has 2 aromatic carbocycles. The number of amides is 1. The molecule has 1 amide bonds. The third-order valence-electron chi connectivity index (χ3n) is 3.22. The lowest BCUT2D eigenvalue weighted by Gasteiger charge is -2.19. The standard InChI is InChI=1S/C16H16F3N3O/c1-22(12-5-3-2-4-6-12)10-15(23)21-11-7-8-14(20)13(9-11)16(17,18)19/h2-9H,10,20H2,1H3,(H,21,23). The fourth-order valence-electron chi connectivity index (χ4n) is 2.07. The Bertz CT molecular complexity index is 687. The molecule has 4 nitrogen and oxygen atoms in total. The predicted molar refractivity (Wildman–Crippen MR) is 84.2 cm³/mol. The molecule has 0 radical (unpaired) electrons. The lowest BCUT2D eigenvalue weighted by Crippen LogP contribution is -2.30. The highest BCUT2D eigenvalue weighted by molar-refractivity contribution is 5.94. The molecule has 0 aliphatic rings. The number of nitrogen functional groups attached to an aromatic ring is 1. The van der Waals surface area contributed by atoms with Crippen LogP contribution in [0.4, 0.5) is 30.2 Å². The summed E-state index contributed by atoms with van der Waals surface area (Å²) >= 11 is 0. The van der Waals surface area contributed by atoms with Crippen molar-refractivity contribution in [1.82, 2.24) is 0 Å². The number of carbonyl (C=O) groups is 1. The van der Waals surface area contributed by atoms with Gasteiger partial charge in [-0.3, -0.25) is 4.79 Å². The van der Waals surface area contributed by atoms with Gasteiger partial charge in [0.2, 0.25) is 5.91 Å². The Morgan fingerprint density at radius 1 is 1.17 bits per heavy atom. The van der Waals surface area contributed by atoms with E-state index in [9.17, 15) is 18.0 Å². The molecule has 2 aromatic rings. The van der Waals surface area contributed by atoms with Gasteiger partial charge in [-0.25, -0.2) is 0 Å². The summed E-state index contributed by atoms with van der Waals surface area (Å²) in [6, 6.07) is 12.5. The first-order valence-electron chi connectivity index (χ1n) is 6.80. The summed E-state index contributed by atoms with van der Waals surface area (Å²) < 4.78 is 38.4. The summed E-state index contributed by atoms with van der Waals surface area (Å²) in [6.07, 6.45) is -4.56. The third-order valence-corrected chi connectivity index (χ3v) is 3.22. The molecule has 0 saturated carbocycles. The molecule has 0 spiro atoms. The molecule has 0 aromatic heterocycles. The van der Waals surface area contributed by atoms with Gasteiger partial charge in [-0.2, -0.15) is 13.2 Å². The molecule has 23 heavy (non-hydrogen) atoms. The number of nitrogens with zero attached hydrogens (tertiary/aromatic N) is 1. The van der Waals surface area contributed by atoms with Crippen LogP contribution in [0.25, 0.3) is 0 Å². The van der Waals surface area contributed by atoms with Crippen LogP contribution in [0.15, 0.2) is 48.5 Å². The highest BCUT2D eigenvalue weighted by Crippen LogP contribution is 2.35. The number of anilines is 3. The van der Waals surface area contributed by atoms with Crippen LogP contribution in [0.3, 0.4) is 0 Å². The zero-order valence-electron chi connectivity index (χ0n) is 12.4. The van der Waals surface area contributed by atoms with Crippen LogP contribution < -0.4 is 16.0 Å². The largest absolute Gasteiger partial charge is 0.418 e. The fraction of sp³-hybridized carbons (Fsp3) is 0.188. The first-order chi connectivity index (χ1) is 10.8. The van der Waals surface area contributed by atoms with Gasteiger partial charge in [-0.1, -0.05) is 18.2 Å². The predicted octanol–water partition coefficient (Wildman–Crippen LogP) is 3.36. The second-order valence-electron chi connectivity index (χ2n) is 5.04. The van der Waals surface area contributed by atoms with Gasteiger partial charge in [-0.05, 0) is 30.3 Å². The molecule has 3 N–H and O–H groups in total. The van der Waals surface area contributed by atoms with E-state index in [1.165, 1.54) is 6.07 Å². The quantitative estimate of drug-likeness (QED) is 0.848. The number of rotatable bonds is 4. The number of likely N-dealkylation sites (N-methyl/N-ethyl adjacent to an activating group) is 1. The number of hydrogen-bond donors (Lipinski definition) is 2. The number of nitrogens with one attached hydrogen (secondary N) is 1. The van der Waals surface area contributed by atoms with Crippen molar-refractivity contribution >= 4 is 23.0 Å². The summed E-state index contributed by atoms with van der Waals surface area (Å²) in [5.74, 6) is -0.422. The van der Waals surface area contributed by atoms with E-state index in [1.54, 1.807) is 11.9 Å². The van der Waals surface area contributed by atoms with E-state index in [0.29, 0.717) is 0 Å². The molecule has 122 valence electrons. The van der Waals surface area contributed by atoms with Crippen LogP contribution in [0, 0.1) is 0 Å². The average molecular weight is 323 g/mol. The number of benzene rings is 2. The minimum atomic E-state index is -4.56. The second-order valence-corrected chi connectivity index (χ2v) is 5.04. The molecular formula is C16H16F3N3O. The van der Waals surface area contributed by atoms with Crippen molar-refractivity contribution in [3.05, 3.63) is 54.1 Å². The molecule has 0 aliphatic carbocycles. The van der Waals surface area contributed by atoms with E-state index in [2.05, 4.69) is 5.32 Å². The summed E-state index contributed by atoms with van der Waals surface area (Å²) in [4.78, 5) is 13.7. The van der Waals surface area contributed by atoms with Crippen molar-refractivity contribution in [2.45, 2.75) is 6.18 Å². The number of nitrogens with two attached hydrogens (primary N) is 1. The van der Waals surface area contributed by atoms with Crippen LogP contribution in [0.1, 0.15) is 5.56 Å². The molecule has 0 aliphatic heterocycles. The van der Waals surface area contributed by atoms with Crippen molar-refractivity contribution in [2.75, 3.05) is 29.5 Å². The van der Waals surface area contributed by atoms with Crippen LogP contribution >= 0.6 is 0 Å². The van der Waals surface area contributed by atoms with Crippen molar-refractivity contribution in [1.29, 1.82) is 0 Å². The lowest BCUT2D eigenvalue weighted by atomic mass is 10.1. The molecule has 0 fully saturated rings. The lowest BCUT2D eigenvalue weighted by molar-refractivity contribution is -0.136. The van der Waals surface area contributed by atoms with Crippen molar-refractivity contribution < 1.29 is 18.0 Å². The molecule has 0 atom stereocenters. The van der Waals surface area contributed by atoms with E-state index >= 15 is 0 Å². The average Bonchev–Trinajstić information content (AvgIpc) is 2.49. The molecule has 0 saturated heterocycles. The van der Waals surface area contributed by atoms with Crippen LogP contribution in [0.5, 0.6) is 0 Å². The Balaban J connectivity index is 2.06. The van der Waals surface area contributed by atoms with E-state index in [-0.39, 0.29) is 17.9 Å². The van der Waals surface area contributed by atoms with Crippen molar-refractivity contribution in [3.8, 4) is 0 Å². The highest BCUT2D eigenvalue weighted by Gasteiger charge is 2.33. The first-order valence-corrected chi connectivity index (χ1v) is 6.80. The Hall–Kier alpha value is -2.70. The van der Waals surface area contributed by atoms with Gasteiger partial charge < -0.3 is 16.0 Å². The van der Waals surface area contributed by atoms with E-state index in [0.717, 1.165) is 17.8 Å². The van der Waals surface area contributed by atoms with Crippen LogP contribution in [-0.2, 0) is 11.0 Å². The van der Waals surface area contributed by atoms with E-state index < -0.39 is 17.6 Å². The summed E-state index contributed by atoms with van der Waals surface area (Å²) in [5, 5.41) is 2.45. The Morgan fingerprint density at radius 2 is 1.83 bits per heavy atom. The summed E-state index contributed by atoms with van der Waals surface area (Å²) in [7, 11) is 1.72. The van der Waals surface area contributed by atoms with Crippen LogP contribution in [0.2, 0.25) is 0 Å². The van der Waals surface area contributed by atoms with Gasteiger partial charge in [0.15, 0.2) is 0 Å². The molecule has 0 unspecified atom stereocenters. The maximum atomic E-state index is 12.8. The SMILES string of the molecule is CN(CC(=O)Nc1ccc(N)c(C(F)(F)F)c1)c1ccccc1. The Morgan fingerprint density at radius 3 is 2.43 bits per heavy atom. The van der Waals surface area contributed by atoms with Gasteiger partial charge in [0.05, 0.1) is 12.1 Å². The second kappa shape index (κ2) is 6.60. The molecule has 0 heterocycles. The minimum absolute atomic E-state index is 0.00966. The topological polar surface area (TPSA) is 58.4 Å². The number of para-hydroxylation sites is 1. The maximum Gasteiger partial charge on any atom is 0.418 e. The number of carbonyl (C=O) groups excluding carboxylic acids is 1. The summed E-state index contributed by atoms with van der Waals surface area (Å²) in [5.41, 5.74) is 4.86. The summed E-state index contributed by atoms with van der Waals surface area (Å²) in [6.45, 7) is 0.00966. The molecule has 7 heteroatoms. The highest BCUT2D eigenvalue weighted by atomic mass is 19.4. The monoisotopic (exact) mass is 323 g/mol. The van der Waals surface area contributed by atoms with Crippen molar-refractivity contribution in [2.24, 2.45) is 0 Å². The molecule has 2 rings (SSSR count). The molecular weight excluding hydrogens is 307 g/mol. The number of hydrogen-bond acceptors (Lipinski definition) is 3. The number of alkyl halides is 3. The van der Waals surface area contributed by atoms with E-state index in [1.807, 2.05) is 30.3 Å². The van der Waals surface area contributed by atoms with Gasteiger partial charge in [-0.15, -0.1) is 0 Å². The molecule has 0 bridgehead atoms. The Kier molecular flexibility index (Phi) is 4.78. The minimum Gasteiger partial charge on any atom is -0.398 e. The zero-order chi connectivity index (χ0) is 17.0. The van der Waals surface area contributed by atoms with Gasteiger partial charge in [0.25, 0.3) is 0 Å². The zero-order valence-corrected chi connectivity index (χ0v) is 12.4. The smallest absolute Gasteiger partial charge is 0.398 e. The fourth-order valence-corrected chi connectivity index (χ4v) is 2.07. The van der Waals surface area contributed by atoms with Crippen LogP contribution in [-0.4, -0.2) is 19.5 Å². The Labute approximate surface area is 131 Å². The number of halogens is 3. The van der Waals surface area contributed by atoms with E-state index in [4.69, 9.17) is 5.73 Å². The maximum absolute atomic E-state index is 12.8. The first kappa shape index (κ1) is 16.7. The van der Waals surface area contributed by atoms with Gasteiger partial charge >= 0.3 is 6.18 Å². The van der Waals surface area contributed by atoms with Gasteiger partial charge in [0.1, 0.15) is 0 Å². The normalized spacial score (nSPS) is 11.1. The third kappa shape index (κ3) is 4.38.